The Morgan fingerprint density at radius 2 is 2.29 bits per heavy atom. The van der Waals surface area contributed by atoms with Gasteiger partial charge in [-0.1, -0.05) is 5.21 Å². The van der Waals surface area contributed by atoms with E-state index in [0.29, 0.717) is 12.4 Å². The molecule has 5 nitrogen and oxygen atoms in total. The van der Waals surface area contributed by atoms with Crippen LogP contribution in [0.3, 0.4) is 0 Å². The monoisotopic (exact) mass is 253 g/mol. The van der Waals surface area contributed by atoms with Crippen molar-refractivity contribution in [1.29, 1.82) is 0 Å². The second-order valence-corrected chi connectivity index (χ2v) is 3.77. The Morgan fingerprint density at radius 3 is 2.93 bits per heavy atom. The van der Waals surface area contributed by atoms with Gasteiger partial charge in [-0.15, -0.1) is 5.10 Å². The van der Waals surface area contributed by atoms with Gasteiger partial charge in [-0.2, -0.15) is 0 Å². The summed E-state index contributed by atoms with van der Waals surface area (Å²) in [6, 6.07) is 1.98. The number of hydrogen-bond donors (Lipinski definition) is 1. The minimum Gasteiger partial charge on any atom is -0.381 e. The number of nitrogen functional groups attached to an aromatic ring is 1. The smallest absolute Gasteiger partial charge is 0.165 e. The number of nitrogens with zero attached hydrogens (tertiary/aromatic N) is 4. The highest BCUT2D eigenvalue weighted by Crippen LogP contribution is 2.10. The molecule has 2 aromatic rings. The van der Waals surface area contributed by atoms with E-state index in [2.05, 4.69) is 31.2 Å². The average molecular weight is 254 g/mol. The second-order valence-electron chi connectivity index (χ2n) is 2.85. The lowest BCUT2D eigenvalue weighted by Gasteiger charge is -1.99. The van der Waals surface area contributed by atoms with E-state index in [9.17, 15) is 0 Å². The normalized spacial score (nSPS) is 10.4. The Labute approximate surface area is 89.1 Å². The largest absolute Gasteiger partial charge is 0.381 e. The van der Waals surface area contributed by atoms with Gasteiger partial charge in [-0.25, -0.2) is 4.68 Å². The number of nitrogens with two attached hydrogens (primary N) is 1. The van der Waals surface area contributed by atoms with E-state index in [0.717, 1.165) is 10.0 Å². The molecule has 0 bridgehead atoms. The molecule has 72 valence electrons. The SMILES string of the molecule is Nc1cn(Cc2cncc(Br)c2)nn1. The minimum absolute atomic E-state index is 0.424. The number of rotatable bonds is 2. The summed E-state index contributed by atoms with van der Waals surface area (Å²) in [6.45, 7) is 0.622. The van der Waals surface area contributed by atoms with Gasteiger partial charge >= 0.3 is 0 Å². The number of hydrogen-bond acceptors (Lipinski definition) is 4. The molecule has 2 heterocycles. The van der Waals surface area contributed by atoms with Crippen molar-refractivity contribution in [3.63, 3.8) is 0 Å². The van der Waals surface area contributed by atoms with Gasteiger partial charge in [0.25, 0.3) is 0 Å². The molecule has 6 heteroatoms. The Hall–Kier alpha value is -1.43. The molecule has 0 aliphatic heterocycles. The Bertz CT molecular complexity index is 439. The summed E-state index contributed by atoms with van der Waals surface area (Å²) in [5.74, 6) is 0.424. The minimum atomic E-state index is 0.424. The van der Waals surface area contributed by atoms with E-state index in [1.165, 1.54) is 0 Å². The molecule has 0 saturated heterocycles. The Kier molecular flexibility index (Phi) is 2.45. The fraction of sp³-hybridized carbons (Fsp3) is 0.125. The van der Waals surface area contributed by atoms with E-state index in [1.54, 1.807) is 23.3 Å². The predicted molar refractivity (Wildman–Crippen MR) is 55.5 cm³/mol. The van der Waals surface area contributed by atoms with Crippen LogP contribution in [0.4, 0.5) is 5.82 Å². The van der Waals surface area contributed by atoms with E-state index in [4.69, 9.17) is 5.73 Å². The Morgan fingerprint density at radius 1 is 1.43 bits per heavy atom. The molecule has 0 aromatic carbocycles. The molecule has 0 aliphatic carbocycles. The van der Waals surface area contributed by atoms with Gasteiger partial charge in [-0.3, -0.25) is 4.98 Å². The zero-order chi connectivity index (χ0) is 9.97. The molecule has 2 N–H and O–H groups in total. The van der Waals surface area contributed by atoms with Crippen molar-refractivity contribution in [3.05, 3.63) is 34.7 Å². The lowest BCUT2D eigenvalue weighted by molar-refractivity contribution is 0.648. The fourth-order valence-corrected chi connectivity index (χ4v) is 1.53. The third kappa shape index (κ3) is 2.08. The average Bonchev–Trinajstić information content (AvgIpc) is 2.51. The van der Waals surface area contributed by atoms with Crippen molar-refractivity contribution in [2.45, 2.75) is 6.54 Å². The van der Waals surface area contributed by atoms with Crippen molar-refractivity contribution < 1.29 is 0 Å². The van der Waals surface area contributed by atoms with E-state index < -0.39 is 0 Å². The molecule has 14 heavy (non-hydrogen) atoms. The van der Waals surface area contributed by atoms with Crippen LogP contribution in [-0.4, -0.2) is 20.0 Å². The summed E-state index contributed by atoms with van der Waals surface area (Å²) < 4.78 is 2.61. The lowest BCUT2D eigenvalue weighted by Crippen LogP contribution is -2.00. The summed E-state index contributed by atoms with van der Waals surface area (Å²) in [4.78, 5) is 4.05. The summed E-state index contributed by atoms with van der Waals surface area (Å²) in [6.07, 6.45) is 5.20. The van der Waals surface area contributed by atoms with Gasteiger partial charge < -0.3 is 5.73 Å². The zero-order valence-corrected chi connectivity index (χ0v) is 8.85. The maximum absolute atomic E-state index is 5.44. The lowest BCUT2D eigenvalue weighted by atomic mass is 10.3. The maximum atomic E-state index is 5.44. The van der Waals surface area contributed by atoms with Crippen LogP contribution in [0.1, 0.15) is 5.56 Å². The molecule has 2 aromatic heterocycles. The zero-order valence-electron chi connectivity index (χ0n) is 7.26. The molecule has 0 radical (unpaired) electrons. The topological polar surface area (TPSA) is 69.6 Å². The van der Waals surface area contributed by atoms with Crippen molar-refractivity contribution in [1.82, 2.24) is 20.0 Å². The molecule has 0 amide bonds. The maximum Gasteiger partial charge on any atom is 0.165 e. The van der Waals surface area contributed by atoms with Gasteiger partial charge in [0, 0.05) is 16.9 Å². The van der Waals surface area contributed by atoms with Crippen LogP contribution in [0.2, 0.25) is 0 Å². The van der Waals surface area contributed by atoms with E-state index >= 15 is 0 Å². The van der Waals surface area contributed by atoms with E-state index in [-0.39, 0.29) is 0 Å². The summed E-state index contributed by atoms with van der Waals surface area (Å²) in [5, 5.41) is 7.53. The van der Waals surface area contributed by atoms with Crippen LogP contribution >= 0.6 is 15.9 Å². The quantitative estimate of drug-likeness (QED) is 0.870. The number of aromatic nitrogens is 4. The summed E-state index contributed by atoms with van der Waals surface area (Å²) >= 11 is 3.35. The molecule has 0 unspecified atom stereocenters. The van der Waals surface area contributed by atoms with Gasteiger partial charge in [0.05, 0.1) is 12.7 Å². The van der Waals surface area contributed by atoms with Crippen LogP contribution in [0.25, 0.3) is 0 Å². The van der Waals surface area contributed by atoms with Gasteiger partial charge in [0.1, 0.15) is 0 Å². The molecule has 0 fully saturated rings. The first-order chi connectivity index (χ1) is 6.74. The number of halogens is 1. The van der Waals surface area contributed by atoms with E-state index in [1.807, 2.05) is 6.07 Å². The van der Waals surface area contributed by atoms with Gasteiger partial charge in [-0.05, 0) is 27.6 Å². The predicted octanol–water partition coefficient (Wildman–Crippen LogP) is 1.07. The van der Waals surface area contributed by atoms with Crippen molar-refractivity contribution in [3.8, 4) is 0 Å². The third-order valence-electron chi connectivity index (χ3n) is 1.66. The van der Waals surface area contributed by atoms with Crippen LogP contribution in [0.15, 0.2) is 29.1 Å². The van der Waals surface area contributed by atoms with Gasteiger partial charge in [0.15, 0.2) is 5.82 Å². The highest BCUT2D eigenvalue weighted by molar-refractivity contribution is 9.10. The third-order valence-corrected chi connectivity index (χ3v) is 2.10. The molecule has 0 saturated carbocycles. The van der Waals surface area contributed by atoms with Gasteiger partial charge in [0.2, 0.25) is 0 Å². The molecule has 2 rings (SSSR count). The number of anilines is 1. The van der Waals surface area contributed by atoms with Crippen LogP contribution in [0.5, 0.6) is 0 Å². The summed E-state index contributed by atoms with van der Waals surface area (Å²) in [7, 11) is 0. The summed E-state index contributed by atoms with van der Waals surface area (Å²) in [5.41, 5.74) is 6.49. The van der Waals surface area contributed by atoms with Crippen molar-refractivity contribution in [2.24, 2.45) is 0 Å². The highest BCUT2D eigenvalue weighted by Gasteiger charge is 1.99. The molecule has 0 spiro atoms. The standard InChI is InChI=1S/C8H8BrN5/c9-7-1-6(2-11-3-7)4-14-5-8(10)12-13-14/h1-3,5H,4,10H2. The van der Waals surface area contributed by atoms with Crippen LogP contribution in [0, 0.1) is 0 Å². The number of pyridine rings is 1. The van der Waals surface area contributed by atoms with Crippen molar-refractivity contribution in [2.75, 3.05) is 5.73 Å². The Balaban J connectivity index is 2.18. The van der Waals surface area contributed by atoms with Crippen LogP contribution < -0.4 is 5.73 Å². The molecule has 0 aliphatic rings. The highest BCUT2D eigenvalue weighted by atomic mass is 79.9. The van der Waals surface area contributed by atoms with Crippen molar-refractivity contribution >= 4 is 21.7 Å². The molecular formula is C8H8BrN5. The van der Waals surface area contributed by atoms with Crippen LogP contribution in [-0.2, 0) is 6.54 Å². The second kappa shape index (κ2) is 3.75. The molecular weight excluding hydrogens is 246 g/mol. The molecule has 0 atom stereocenters. The first-order valence-electron chi connectivity index (χ1n) is 3.99. The first kappa shape index (κ1) is 9.14. The first-order valence-corrected chi connectivity index (χ1v) is 4.78. The fourth-order valence-electron chi connectivity index (χ4n) is 1.12.